The molecule has 1 N–H and O–H groups in total. The van der Waals surface area contributed by atoms with E-state index in [9.17, 15) is 18.0 Å². The molecule has 36 heavy (non-hydrogen) atoms. The maximum atomic E-state index is 13.3. The maximum Gasteiger partial charge on any atom is 0.242 e. The molecule has 2 aromatic rings. The molecule has 0 saturated heterocycles. The van der Waals surface area contributed by atoms with Gasteiger partial charge in [-0.1, -0.05) is 39.7 Å². The molecule has 0 radical (unpaired) electrons. The number of ether oxygens (including phenoxy) is 1. The summed E-state index contributed by atoms with van der Waals surface area (Å²) in [4.78, 5) is 27.5. The first-order chi connectivity index (χ1) is 16.8. The van der Waals surface area contributed by atoms with E-state index < -0.39 is 16.1 Å². The molecule has 0 aromatic heterocycles. The van der Waals surface area contributed by atoms with Crippen molar-refractivity contribution >= 4 is 55.1 Å². The van der Waals surface area contributed by atoms with Crippen LogP contribution in [-0.2, 0) is 26.2 Å². The molecule has 1 unspecified atom stereocenters. The molecule has 0 spiro atoms. The van der Waals surface area contributed by atoms with E-state index >= 15 is 0 Å². The summed E-state index contributed by atoms with van der Waals surface area (Å²) in [6.07, 6.45) is 1.42. The molecule has 11 heteroatoms. The zero-order chi connectivity index (χ0) is 27.0. The van der Waals surface area contributed by atoms with E-state index in [4.69, 9.17) is 16.3 Å². The number of carbonyl (C=O) groups is 2. The van der Waals surface area contributed by atoms with E-state index in [1.54, 1.807) is 19.1 Å². The van der Waals surface area contributed by atoms with Crippen molar-refractivity contribution < 1.29 is 22.7 Å². The van der Waals surface area contributed by atoms with Crippen LogP contribution in [0.1, 0.15) is 39.2 Å². The second-order valence-electron chi connectivity index (χ2n) is 8.74. The zero-order valence-corrected chi connectivity index (χ0v) is 24.3. The van der Waals surface area contributed by atoms with Gasteiger partial charge >= 0.3 is 0 Å². The van der Waals surface area contributed by atoms with Gasteiger partial charge in [0.05, 0.1) is 24.1 Å². The topological polar surface area (TPSA) is 96.0 Å². The molecule has 0 heterocycles. The average Bonchev–Trinajstić information content (AvgIpc) is 2.79. The Labute approximate surface area is 227 Å². The zero-order valence-electron chi connectivity index (χ0n) is 21.1. The highest BCUT2D eigenvalue weighted by molar-refractivity contribution is 9.10. The van der Waals surface area contributed by atoms with Crippen LogP contribution in [0.15, 0.2) is 46.9 Å². The number of amides is 2. The molecular weight excluding hydrogens is 570 g/mol. The smallest absolute Gasteiger partial charge is 0.242 e. The number of hydrogen-bond acceptors (Lipinski definition) is 5. The fourth-order valence-electron chi connectivity index (χ4n) is 3.59. The third kappa shape index (κ3) is 8.67. The summed E-state index contributed by atoms with van der Waals surface area (Å²) in [5.74, 6) is -0.0621. The molecule has 0 aliphatic carbocycles. The Hall–Kier alpha value is -2.30. The Morgan fingerprint density at radius 3 is 2.28 bits per heavy atom. The molecule has 0 aliphatic rings. The Balaban J connectivity index is 2.18. The monoisotopic (exact) mass is 601 g/mol. The standard InChI is InChI=1S/C25H33BrClN3O5S/c1-17(2)28-25(32)18(3)29(16-19-8-10-20(26)11-9-19)24(31)7-6-14-30(36(5,33)34)21-12-13-23(35-4)22(27)15-21/h8-13,15,17-18H,6-7,14,16H2,1-5H3,(H,28,32). The minimum atomic E-state index is -3.63. The fourth-order valence-corrected chi connectivity index (χ4v) is 5.06. The van der Waals surface area contributed by atoms with E-state index in [1.165, 1.54) is 22.4 Å². The van der Waals surface area contributed by atoms with Gasteiger partial charge < -0.3 is 15.0 Å². The minimum absolute atomic E-state index is 0.0612. The molecule has 0 aliphatic heterocycles. The molecule has 1 atom stereocenters. The number of rotatable bonds is 12. The van der Waals surface area contributed by atoms with E-state index in [0.29, 0.717) is 11.4 Å². The first-order valence-electron chi connectivity index (χ1n) is 11.5. The summed E-state index contributed by atoms with van der Waals surface area (Å²) in [6.45, 7) is 5.73. The Bertz CT molecular complexity index is 1160. The number of anilines is 1. The van der Waals surface area contributed by atoms with E-state index in [0.717, 1.165) is 16.3 Å². The molecule has 0 fully saturated rings. The maximum absolute atomic E-state index is 13.3. The van der Waals surface area contributed by atoms with Crippen molar-refractivity contribution in [3.8, 4) is 5.75 Å². The summed E-state index contributed by atoms with van der Waals surface area (Å²) in [5, 5.41) is 3.14. The number of benzene rings is 2. The normalized spacial score (nSPS) is 12.2. The van der Waals surface area contributed by atoms with Crippen molar-refractivity contribution in [2.75, 3.05) is 24.2 Å². The Morgan fingerprint density at radius 1 is 1.11 bits per heavy atom. The van der Waals surface area contributed by atoms with Crippen molar-refractivity contribution in [2.45, 2.75) is 52.2 Å². The number of nitrogens with zero attached hydrogens (tertiary/aromatic N) is 2. The summed E-state index contributed by atoms with van der Waals surface area (Å²) in [5.41, 5.74) is 1.26. The van der Waals surface area contributed by atoms with Crippen LogP contribution < -0.4 is 14.4 Å². The quantitative estimate of drug-likeness (QED) is 0.383. The van der Waals surface area contributed by atoms with Crippen LogP contribution in [-0.4, -0.2) is 57.1 Å². The average molecular weight is 603 g/mol. The highest BCUT2D eigenvalue weighted by Crippen LogP contribution is 2.30. The minimum Gasteiger partial charge on any atom is -0.495 e. The second-order valence-corrected chi connectivity index (χ2v) is 12.0. The lowest BCUT2D eigenvalue weighted by atomic mass is 10.1. The van der Waals surface area contributed by atoms with Crippen molar-refractivity contribution in [3.05, 3.63) is 57.5 Å². The van der Waals surface area contributed by atoms with Crippen LogP contribution >= 0.6 is 27.5 Å². The molecule has 2 aromatic carbocycles. The lowest BCUT2D eigenvalue weighted by molar-refractivity contribution is -0.140. The highest BCUT2D eigenvalue weighted by atomic mass is 79.9. The number of methoxy groups -OCH3 is 1. The molecule has 0 bridgehead atoms. The summed E-state index contributed by atoms with van der Waals surface area (Å²) in [7, 11) is -2.15. The van der Waals surface area contributed by atoms with Gasteiger partial charge in [-0.2, -0.15) is 0 Å². The van der Waals surface area contributed by atoms with Crippen LogP contribution in [0.2, 0.25) is 5.02 Å². The number of halogens is 2. The SMILES string of the molecule is COc1ccc(N(CCCC(=O)N(Cc2ccc(Br)cc2)C(C)C(=O)NC(C)C)S(C)(=O)=O)cc1Cl. The third-order valence-electron chi connectivity index (χ3n) is 5.44. The van der Waals surface area contributed by atoms with Crippen LogP contribution in [0.25, 0.3) is 0 Å². The van der Waals surface area contributed by atoms with Gasteiger partial charge in [-0.05, 0) is 63.1 Å². The summed E-state index contributed by atoms with van der Waals surface area (Å²) in [6, 6.07) is 11.5. The van der Waals surface area contributed by atoms with Gasteiger partial charge in [-0.15, -0.1) is 0 Å². The van der Waals surface area contributed by atoms with Gasteiger partial charge in [0, 0.05) is 30.0 Å². The van der Waals surface area contributed by atoms with Crippen molar-refractivity contribution in [1.82, 2.24) is 10.2 Å². The predicted octanol–water partition coefficient (Wildman–Crippen LogP) is 4.60. The fraction of sp³-hybridized carbons (Fsp3) is 0.440. The van der Waals surface area contributed by atoms with Gasteiger partial charge in [0.2, 0.25) is 21.8 Å². The Morgan fingerprint density at radius 2 is 1.75 bits per heavy atom. The lowest BCUT2D eigenvalue weighted by Gasteiger charge is -2.30. The van der Waals surface area contributed by atoms with Crippen LogP contribution in [0.3, 0.4) is 0 Å². The molecule has 2 rings (SSSR count). The summed E-state index contributed by atoms with van der Waals surface area (Å²) < 4.78 is 32.2. The summed E-state index contributed by atoms with van der Waals surface area (Å²) >= 11 is 9.59. The van der Waals surface area contributed by atoms with Crippen molar-refractivity contribution in [2.24, 2.45) is 0 Å². The first-order valence-corrected chi connectivity index (χ1v) is 14.5. The van der Waals surface area contributed by atoms with Gasteiger partial charge in [0.15, 0.2) is 0 Å². The van der Waals surface area contributed by atoms with Gasteiger partial charge in [-0.3, -0.25) is 13.9 Å². The molecule has 2 amide bonds. The largest absolute Gasteiger partial charge is 0.495 e. The van der Waals surface area contributed by atoms with E-state index in [-0.39, 0.29) is 48.8 Å². The Kier molecular flexibility index (Phi) is 11.1. The van der Waals surface area contributed by atoms with Gasteiger partial charge in [-0.25, -0.2) is 8.42 Å². The number of carbonyl (C=O) groups excluding carboxylic acids is 2. The first kappa shape index (κ1) is 29.9. The van der Waals surface area contributed by atoms with Crippen LogP contribution in [0.4, 0.5) is 5.69 Å². The molecule has 0 saturated carbocycles. The lowest BCUT2D eigenvalue weighted by Crippen LogP contribution is -2.49. The second kappa shape index (κ2) is 13.3. The number of nitrogens with one attached hydrogen (secondary N) is 1. The predicted molar refractivity (Wildman–Crippen MR) is 147 cm³/mol. The van der Waals surface area contributed by atoms with Crippen LogP contribution in [0, 0.1) is 0 Å². The number of sulfonamides is 1. The third-order valence-corrected chi connectivity index (χ3v) is 7.46. The molecule has 8 nitrogen and oxygen atoms in total. The van der Waals surface area contributed by atoms with E-state index in [1.807, 2.05) is 38.1 Å². The van der Waals surface area contributed by atoms with Gasteiger partial charge in [0.1, 0.15) is 11.8 Å². The van der Waals surface area contributed by atoms with Crippen LogP contribution in [0.5, 0.6) is 5.75 Å². The van der Waals surface area contributed by atoms with Crippen molar-refractivity contribution in [1.29, 1.82) is 0 Å². The van der Waals surface area contributed by atoms with Gasteiger partial charge in [0.25, 0.3) is 0 Å². The van der Waals surface area contributed by atoms with E-state index in [2.05, 4.69) is 21.2 Å². The molecule has 198 valence electrons. The van der Waals surface area contributed by atoms with Crippen molar-refractivity contribution in [3.63, 3.8) is 0 Å². The molecular formula is C25H33BrClN3O5S. The highest BCUT2D eigenvalue weighted by Gasteiger charge is 2.27. The number of hydrogen-bond donors (Lipinski definition) is 1.